The summed E-state index contributed by atoms with van der Waals surface area (Å²) in [4.78, 5) is 13.3. The van der Waals surface area contributed by atoms with Gasteiger partial charge >= 0.3 is 0 Å². The Hall–Kier alpha value is -1.45. The van der Waals surface area contributed by atoms with Crippen molar-refractivity contribution in [3.8, 4) is 0 Å². The van der Waals surface area contributed by atoms with Gasteiger partial charge < -0.3 is 10.2 Å². The van der Waals surface area contributed by atoms with Crippen molar-refractivity contribution in [2.24, 2.45) is 10.3 Å². The molecule has 2 aliphatic heterocycles. The Balaban J connectivity index is 0.000000228. The second-order valence-corrected chi connectivity index (χ2v) is 20.6. The molecule has 0 aliphatic carbocycles. The van der Waals surface area contributed by atoms with E-state index in [9.17, 15) is 38.5 Å². The van der Waals surface area contributed by atoms with E-state index < -0.39 is 56.3 Å². The zero-order valence-electron chi connectivity index (χ0n) is 23.0. The largest absolute Gasteiger partial charge is 0.336 e. The molecule has 0 saturated carbocycles. The minimum Gasteiger partial charge on any atom is -0.336 e. The topological polar surface area (TPSA) is 221 Å². The average molecular weight is 691 g/mol. The summed E-state index contributed by atoms with van der Waals surface area (Å²) in [6.45, 7) is 9.41. The van der Waals surface area contributed by atoms with Gasteiger partial charge in [-0.15, -0.1) is 22.7 Å². The molecule has 2 aliphatic rings. The zero-order valence-corrected chi connectivity index (χ0v) is 27.9. The minimum atomic E-state index is -3.99. The lowest BCUT2D eigenvalue weighted by Gasteiger charge is -2.35. The summed E-state index contributed by atoms with van der Waals surface area (Å²) in [6, 6.07) is 2.06. The van der Waals surface area contributed by atoms with Crippen molar-refractivity contribution < 1.29 is 38.5 Å². The SMILES string of the molecule is CCN(C(C)=O)[C@H]1C[C@H](C)S(=O)(=O)c2sc(S(N)(=O)=O)cc21.CCN[C@H]1C[C@H](C)S(=O)(=O)c2sc(S(N)(=O)=O)cc21. The van der Waals surface area contributed by atoms with E-state index in [0.29, 0.717) is 42.0 Å². The molecule has 0 bridgehead atoms. The molecule has 41 heavy (non-hydrogen) atoms. The van der Waals surface area contributed by atoms with Crippen molar-refractivity contribution in [2.75, 3.05) is 13.1 Å². The van der Waals surface area contributed by atoms with Crippen LogP contribution in [-0.4, -0.2) is 68.1 Å². The van der Waals surface area contributed by atoms with E-state index in [1.54, 1.807) is 25.7 Å². The van der Waals surface area contributed by atoms with Crippen LogP contribution in [0, 0.1) is 0 Å². The number of thiophene rings is 2. The second-order valence-electron chi connectivity index (χ2n) is 9.82. The number of fused-ring (bicyclic) bond motifs is 2. The molecule has 0 fully saturated rings. The van der Waals surface area contributed by atoms with Gasteiger partial charge in [0.15, 0.2) is 19.7 Å². The Kier molecular flexibility index (Phi) is 9.89. The first-order valence-corrected chi connectivity index (χ1v) is 20.3. The highest BCUT2D eigenvalue weighted by Crippen LogP contribution is 2.45. The van der Waals surface area contributed by atoms with E-state index in [2.05, 4.69) is 5.32 Å². The van der Waals surface area contributed by atoms with Gasteiger partial charge in [0.25, 0.3) is 0 Å². The molecule has 0 unspecified atom stereocenters. The van der Waals surface area contributed by atoms with Crippen molar-refractivity contribution in [1.82, 2.24) is 10.2 Å². The summed E-state index contributed by atoms with van der Waals surface area (Å²) < 4.78 is 95.0. The molecule has 0 radical (unpaired) electrons. The normalized spacial score (nSPS) is 24.9. The summed E-state index contributed by atoms with van der Waals surface area (Å²) in [5.41, 5.74) is 0.873. The monoisotopic (exact) mass is 690 g/mol. The third-order valence-electron chi connectivity index (χ3n) is 6.97. The third kappa shape index (κ3) is 6.72. The number of amides is 1. The zero-order chi connectivity index (χ0) is 31.3. The van der Waals surface area contributed by atoms with E-state index in [1.807, 2.05) is 6.92 Å². The highest BCUT2D eigenvalue weighted by atomic mass is 32.3. The van der Waals surface area contributed by atoms with Crippen molar-refractivity contribution >= 4 is 68.3 Å². The molecule has 5 N–H and O–H groups in total. The number of nitrogens with two attached hydrogens (primary N) is 2. The minimum absolute atomic E-state index is 0.0000231. The number of carbonyl (C=O) groups is 1. The molecule has 4 atom stereocenters. The standard InChI is InChI=1S/C12H18N2O5S3.C10H16N2O4S3/c1-4-14(8(3)15)10-5-7(2)21(16,17)12-9(10)6-11(20-12)22(13,18)19;1-3-12-8-4-6(2)18(13,14)10-7(8)5-9(17-10)19(11,15)16/h6-7,10H,4-5H2,1-3H3,(H2,13,18,19);5-6,8,12H,3-4H2,1-2H3,(H2,11,15,16)/t7-,10-;6-,8-/m00/s1. The number of rotatable bonds is 6. The van der Waals surface area contributed by atoms with Crippen LogP contribution in [0.25, 0.3) is 0 Å². The number of sulfone groups is 2. The van der Waals surface area contributed by atoms with Gasteiger partial charge in [-0.05, 0) is 52.3 Å². The first-order chi connectivity index (χ1) is 18.7. The van der Waals surface area contributed by atoms with Gasteiger partial charge in [0, 0.05) is 30.6 Å². The lowest BCUT2D eigenvalue weighted by Crippen LogP contribution is -2.39. The van der Waals surface area contributed by atoms with Crippen LogP contribution in [0.1, 0.15) is 70.7 Å². The fourth-order valence-corrected chi connectivity index (χ4v) is 13.7. The second kappa shape index (κ2) is 11.9. The molecule has 0 aromatic carbocycles. The molecule has 0 saturated heterocycles. The van der Waals surface area contributed by atoms with Crippen LogP contribution >= 0.6 is 22.7 Å². The predicted molar refractivity (Wildman–Crippen MR) is 156 cm³/mol. The summed E-state index contributed by atoms with van der Waals surface area (Å²) in [5.74, 6) is -0.187. The summed E-state index contributed by atoms with van der Waals surface area (Å²) in [7, 11) is -14.9. The Morgan fingerprint density at radius 3 is 1.76 bits per heavy atom. The van der Waals surface area contributed by atoms with Crippen LogP contribution < -0.4 is 15.6 Å². The molecule has 4 heterocycles. The number of carbonyl (C=O) groups excluding carboxylic acids is 1. The molecule has 4 rings (SSSR count). The molecule has 0 spiro atoms. The van der Waals surface area contributed by atoms with Crippen LogP contribution in [0.2, 0.25) is 0 Å². The van der Waals surface area contributed by atoms with Crippen LogP contribution in [0.15, 0.2) is 29.0 Å². The van der Waals surface area contributed by atoms with Crippen molar-refractivity contribution in [1.29, 1.82) is 0 Å². The highest BCUT2D eigenvalue weighted by molar-refractivity contribution is 7.96. The first kappa shape index (κ1) is 34.0. The molecular formula is C22H34N4O9S6. The van der Waals surface area contributed by atoms with Gasteiger partial charge in [-0.3, -0.25) is 4.79 Å². The van der Waals surface area contributed by atoms with Gasteiger partial charge in [0.2, 0.25) is 26.0 Å². The quantitative estimate of drug-likeness (QED) is 0.396. The summed E-state index contributed by atoms with van der Waals surface area (Å²) in [5, 5.41) is 12.2. The van der Waals surface area contributed by atoms with Crippen LogP contribution in [0.5, 0.6) is 0 Å². The fraction of sp³-hybridized carbons (Fsp3) is 0.591. The molecule has 2 aromatic rings. The highest BCUT2D eigenvalue weighted by Gasteiger charge is 2.42. The molecule has 2 aromatic heterocycles. The van der Waals surface area contributed by atoms with Gasteiger partial charge in [0.05, 0.1) is 16.5 Å². The lowest BCUT2D eigenvalue weighted by molar-refractivity contribution is -0.131. The molecular weight excluding hydrogens is 657 g/mol. The van der Waals surface area contributed by atoms with Crippen LogP contribution in [0.4, 0.5) is 0 Å². The van der Waals surface area contributed by atoms with Crippen molar-refractivity contribution in [3.63, 3.8) is 0 Å². The Morgan fingerprint density at radius 2 is 1.34 bits per heavy atom. The number of primary sulfonamides is 2. The van der Waals surface area contributed by atoms with E-state index in [1.165, 1.54) is 19.1 Å². The third-order valence-corrected chi connectivity index (χ3v) is 17.6. The van der Waals surface area contributed by atoms with Gasteiger partial charge in [0.1, 0.15) is 16.8 Å². The maximum atomic E-state index is 12.4. The first-order valence-electron chi connectivity index (χ1n) is 12.5. The van der Waals surface area contributed by atoms with Gasteiger partial charge in [-0.2, -0.15) is 0 Å². The maximum Gasteiger partial charge on any atom is 0.247 e. The van der Waals surface area contributed by atoms with Crippen molar-refractivity contribution in [3.05, 3.63) is 23.3 Å². The van der Waals surface area contributed by atoms with E-state index in [0.717, 1.165) is 11.3 Å². The number of hydrogen-bond acceptors (Lipinski definition) is 12. The van der Waals surface area contributed by atoms with Crippen LogP contribution in [0.3, 0.4) is 0 Å². The molecule has 13 nitrogen and oxygen atoms in total. The summed E-state index contributed by atoms with van der Waals surface area (Å²) in [6.07, 6.45) is 0.674. The smallest absolute Gasteiger partial charge is 0.247 e. The molecule has 232 valence electrons. The Labute approximate surface area is 249 Å². The van der Waals surface area contributed by atoms with Gasteiger partial charge in [-0.25, -0.2) is 43.9 Å². The van der Waals surface area contributed by atoms with E-state index in [4.69, 9.17) is 10.3 Å². The van der Waals surface area contributed by atoms with Crippen molar-refractivity contribution in [2.45, 2.75) is 86.9 Å². The number of nitrogens with zero attached hydrogens (tertiary/aromatic N) is 1. The number of sulfonamides is 2. The van der Waals surface area contributed by atoms with E-state index >= 15 is 0 Å². The maximum absolute atomic E-state index is 12.4. The van der Waals surface area contributed by atoms with E-state index in [-0.39, 0.29) is 35.2 Å². The lowest BCUT2D eigenvalue weighted by atomic mass is 10.0. The number of hydrogen-bond donors (Lipinski definition) is 3. The molecule has 19 heteroatoms. The van der Waals surface area contributed by atoms with Gasteiger partial charge in [-0.1, -0.05) is 6.92 Å². The molecule has 1 amide bonds. The Morgan fingerprint density at radius 1 is 0.902 bits per heavy atom. The summed E-state index contributed by atoms with van der Waals surface area (Å²) >= 11 is 1.40. The fourth-order valence-electron chi connectivity index (χ4n) is 4.85. The average Bonchev–Trinajstić information content (AvgIpc) is 3.49. The number of nitrogens with one attached hydrogen (secondary N) is 1. The van der Waals surface area contributed by atoms with Crippen LogP contribution in [-0.2, 0) is 44.5 Å². The predicted octanol–water partition coefficient (Wildman–Crippen LogP) is 1.48. The Bertz CT molecular complexity index is 1760.